The average molecular weight is 363 g/mol. The summed E-state index contributed by atoms with van der Waals surface area (Å²) in [6, 6.07) is 9.48. The Morgan fingerprint density at radius 2 is 1.77 bits per heavy atom. The van der Waals surface area contributed by atoms with E-state index in [1.807, 2.05) is 24.3 Å². The molecule has 0 aliphatic heterocycles. The third kappa shape index (κ3) is 3.58. The normalized spacial score (nSPS) is 10.8. The van der Waals surface area contributed by atoms with Gasteiger partial charge in [0, 0.05) is 18.9 Å². The van der Waals surface area contributed by atoms with Crippen LogP contribution in [0.1, 0.15) is 15.9 Å². The van der Waals surface area contributed by atoms with Crippen LogP contribution in [0.2, 0.25) is 0 Å². The number of halogens is 4. The summed E-state index contributed by atoms with van der Waals surface area (Å²) in [6.07, 6.45) is 3.87. The molecule has 3 aromatic rings. The average Bonchev–Trinajstić information content (AvgIpc) is 3.18. The topological polar surface area (TPSA) is 46.9 Å². The molecule has 0 aliphatic rings. The van der Waals surface area contributed by atoms with Crippen molar-refractivity contribution in [2.24, 2.45) is 0 Å². The van der Waals surface area contributed by atoms with E-state index in [-0.39, 0.29) is 6.54 Å². The number of nitrogens with one attached hydrogen (secondary N) is 1. The minimum Gasteiger partial charge on any atom is -0.352 e. The van der Waals surface area contributed by atoms with Gasteiger partial charge < -0.3 is 5.32 Å². The lowest BCUT2D eigenvalue weighted by atomic mass is 10.1. The quantitative estimate of drug-likeness (QED) is 0.429. The lowest BCUT2D eigenvalue weighted by Gasteiger charge is -2.08. The Bertz CT molecular complexity index is 925. The zero-order chi connectivity index (χ0) is 18.7. The monoisotopic (exact) mass is 363 g/mol. The molecule has 134 valence electrons. The van der Waals surface area contributed by atoms with E-state index in [1.54, 1.807) is 23.1 Å². The first-order valence-electron chi connectivity index (χ1n) is 7.67. The fraction of sp³-hybridized carbons (Fsp3) is 0.111. The van der Waals surface area contributed by atoms with Crippen molar-refractivity contribution in [3.63, 3.8) is 0 Å². The van der Waals surface area contributed by atoms with Gasteiger partial charge in [0.15, 0.2) is 23.3 Å². The number of nitrogens with zero attached hydrogens (tertiary/aromatic N) is 2. The van der Waals surface area contributed by atoms with E-state index in [1.165, 1.54) is 0 Å². The molecule has 0 unspecified atom stereocenters. The van der Waals surface area contributed by atoms with Crippen molar-refractivity contribution in [2.75, 3.05) is 6.54 Å². The molecule has 1 aromatic heterocycles. The number of hydrogen-bond donors (Lipinski definition) is 1. The number of aromatic nitrogens is 2. The van der Waals surface area contributed by atoms with E-state index in [2.05, 4.69) is 10.4 Å². The fourth-order valence-corrected chi connectivity index (χ4v) is 2.39. The van der Waals surface area contributed by atoms with Gasteiger partial charge in [0.1, 0.15) is 0 Å². The highest BCUT2D eigenvalue weighted by Crippen LogP contribution is 2.18. The van der Waals surface area contributed by atoms with Crippen molar-refractivity contribution in [3.05, 3.63) is 83.2 Å². The van der Waals surface area contributed by atoms with Crippen LogP contribution in [0.3, 0.4) is 0 Å². The first kappa shape index (κ1) is 17.7. The van der Waals surface area contributed by atoms with Crippen LogP contribution in [0.25, 0.3) is 5.69 Å². The predicted molar refractivity (Wildman–Crippen MR) is 85.9 cm³/mol. The molecule has 4 nitrogen and oxygen atoms in total. The molecule has 0 aliphatic carbocycles. The molecule has 3 rings (SSSR count). The summed E-state index contributed by atoms with van der Waals surface area (Å²) in [7, 11) is 0. The predicted octanol–water partition coefficient (Wildman–Crippen LogP) is 3.40. The van der Waals surface area contributed by atoms with E-state index in [0.717, 1.165) is 11.3 Å². The van der Waals surface area contributed by atoms with Crippen LogP contribution in [-0.2, 0) is 6.42 Å². The molecule has 0 spiro atoms. The van der Waals surface area contributed by atoms with Crippen LogP contribution in [0.5, 0.6) is 0 Å². The van der Waals surface area contributed by atoms with E-state index in [9.17, 15) is 22.4 Å². The Hall–Kier alpha value is -3.16. The van der Waals surface area contributed by atoms with E-state index in [0.29, 0.717) is 12.5 Å². The molecular weight excluding hydrogens is 350 g/mol. The molecule has 1 N–H and O–H groups in total. The van der Waals surface area contributed by atoms with E-state index in [4.69, 9.17) is 0 Å². The van der Waals surface area contributed by atoms with Gasteiger partial charge in [-0.2, -0.15) is 5.10 Å². The maximum absolute atomic E-state index is 13.6. The summed E-state index contributed by atoms with van der Waals surface area (Å²) >= 11 is 0. The van der Waals surface area contributed by atoms with Gasteiger partial charge in [-0.15, -0.1) is 0 Å². The number of amides is 1. The molecule has 1 heterocycles. The van der Waals surface area contributed by atoms with E-state index >= 15 is 0 Å². The Kier molecular flexibility index (Phi) is 5.01. The van der Waals surface area contributed by atoms with Gasteiger partial charge in [-0.25, -0.2) is 22.2 Å². The second-order valence-corrected chi connectivity index (χ2v) is 5.47. The van der Waals surface area contributed by atoms with Gasteiger partial charge in [-0.1, -0.05) is 12.1 Å². The first-order chi connectivity index (χ1) is 12.5. The largest absolute Gasteiger partial charge is 0.352 e. The van der Waals surface area contributed by atoms with Gasteiger partial charge in [0.25, 0.3) is 5.91 Å². The second-order valence-electron chi connectivity index (χ2n) is 5.47. The molecule has 0 bridgehead atoms. The van der Waals surface area contributed by atoms with Crippen LogP contribution in [0, 0.1) is 23.3 Å². The lowest BCUT2D eigenvalue weighted by molar-refractivity contribution is 0.0948. The van der Waals surface area contributed by atoms with Crippen molar-refractivity contribution < 1.29 is 22.4 Å². The highest BCUT2D eigenvalue weighted by atomic mass is 19.2. The number of hydrogen-bond acceptors (Lipinski definition) is 2. The number of rotatable bonds is 5. The van der Waals surface area contributed by atoms with Gasteiger partial charge in [0.05, 0.1) is 11.3 Å². The zero-order valence-electron chi connectivity index (χ0n) is 13.3. The van der Waals surface area contributed by atoms with Crippen molar-refractivity contribution in [1.82, 2.24) is 15.1 Å². The van der Waals surface area contributed by atoms with Crippen LogP contribution >= 0.6 is 0 Å². The summed E-state index contributed by atoms with van der Waals surface area (Å²) in [5.41, 5.74) is 0.871. The molecule has 0 saturated heterocycles. The van der Waals surface area contributed by atoms with Gasteiger partial charge in [-0.3, -0.25) is 4.79 Å². The van der Waals surface area contributed by atoms with Crippen molar-refractivity contribution in [1.29, 1.82) is 0 Å². The molecule has 0 fully saturated rings. The molecule has 8 heteroatoms. The lowest BCUT2D eigenvalue weighted by Crippen LogP contribution is -2.27. The van der Waals surface area contributed by atoms with Crippen LogP contribution in [-0.4, -0.2) is 22.2 Å². The minimum absolute atomic E-state index is 0.111. The van der Waals surface area contributed by atoms with Crippen LogP contribution in [0.4, 0.5) is 17.6 Å². The summed E-state index contributed by atoms with van der Waals surface area (Å²) in [5.74, 6) is -8.32. The maximum Gasteiger partial charge on any atom is 0.254 e. The smallest absolute Gasteiger partial charge is 0.254 e. The third-order valence-electron chi connectivity index (χ3n) is 3.75. The molecular formula is C18H13F4N3O. The fourth-order valence-electron chi connectivity index (χ4n) is 2.39. The highest BCUT2D eigenvalue weighted by Gasteiger charge is 2.22. The Balaban J connectivity index is 1.61. The van der Waals surface area contributed by atoms with Gasteiger partial charge in [0.2, 0.25) is 0 Å². The molecule has 2 aromatic carbocycles. The zero-order valence-corrected chi connectivity index (χ0v) is 13.3. The van der Waals surface area contributed by atoms with Crippen LogP contribution in [0.15, 0.2) is 48.8 Å². The summed E-state index contributed by atoms with van der Waals surface area (Å²) in [5, 5.41) is 6.45. The van der Waals surface area contributed by atoms with Crippen molar-refractivity contribution in [2.45, 2.75) is 6.42 Å². The van der Waals surface area contributed by atoms with Crippen molar-refractivity contribution >= 4 is 5.91 Å². The standard InChI is InChI=1S/C18H13F4N3O/c19-14-10-13(15(20)17(22)16(14)21)18(26)23-8-6-11-2-4-12(5-3-11)25-9-1-7-24-25/h1-5,7,9-10H,6,8H2,(H,23,26). The summed E-state index contributed by atoms with van der Waals surface area (Å²) in [6.45, 7) is 0.111. The minimum atomic E-state index is -2.01. The Labute approximate surface area is 146 Å². The summed E-state index contributed by atoms with van der Waals surface area (Å²) < 4.78 is 54.5. The molecule has 0 radical (unpaired) electrons. The van der Waals surface area contributed by atoms with E-state index < -0.39 is 34.7 Å². The number of carbonyl (C=O) groups is 1. The van der Waals surface area contributed by atoms with Gasteiger partial charge >= 0.3 is 0 Å². The molecule has 1 amide bonds. The molecule has 0 saturated carbocycles. The maximum atomic E-state index is 13.6. The SMILES string of the molecule is O=C(NCCc1ccc(-n2cccn2)cc1)c1cc(F)c(F)c(F)c1F. The highest BCUT2D eigenvalue weighted by molar-refractivity contribution is 5.94. The Morgan fingerprint density at radius 1 is 1.04 bits per heavy atom. The van der Waals surface area contributed by atoms with Crippen molar-refractivity contribution in [3.8, 4) is 5.69 Å². The number of carbonyl (C=O) groups excluding carboxylic acids is 1. The third-order valence-corrected chi connectivity index (χ3v) is 3.75. The molecule has 26 heavy (non-hydrogen) atoms. The summed E-state index contributed by atoms with van der Waals surface area (Å²) in [4.78, 5) is 11.9. The van der Waals surface area contributed by atoms with Crippen LogP contribution < -0.4 is 5.32 Å². The van der Waals surface area contributed by atoms with Gasteiger partial charge in [-0.05, 0) is 36.2 Å². The molecule has 0 atom stereocenters. The first-order valence-corrected chi connectivity index (χ1v) is 7.67. The Morgan fingerprint density at radius 3 is 2.42 bits per heavy atom. The second kappa shape index (κ2) is 7.38. The number of benzene rings is 2.